The number of hydrogen-bond donors (Lipinski definition) is 1. The molecule has 1 atom stereocenters. The molecule has 0 radical (unpaired) electrons. The van der Waals surface area contributed by atoms with Crippen molar-refractivity contribution in [2.45, 2.75) is 44.6 Å². The maximum absolute atomic E-state index is 10.5. The van der Waals surface area contributed by atoms with Crippen LogP contribution in [-0.4, -0.2) is 36.8 Å². The highest BCUT2D eigenvalue weighted by atomic mass is 35.5. The zero-order valence-corrected chi connectivity index (χ0v) is 18.3. The first-order chi connectivity index (χ1) is 14.1. The lowest BCUT2D eigenvalue weighted by Crippen LogP contribution is -2.19. The molecule has 0 fully saturated rings. The zero-order chi connectivity index (χ0) is 20.9. The minimum atomic E-state index is -0.655. The molecule has 0 saturated carbocycles. The molecule has 0 aliphatic carbocycles. The Kier molecular flexibility index (Phi) is 10.9. The van der Waals surface area contributed by atoms with Crippen molar-refractivity contribution in [3.05, 3.63) is 77.3 Å². The van der Waals surface area contributed by atoms with Gasteiger partial charge in [0.05, 0.1) is 6.61 Å². The van der Waals surface area contributed by atoms with E-state index in [9.17, 15) is 5.11 Å². The fourth-order valence-corrected chi connectivity index (χ4v) is 3.40. The third kappa shape index (κ3) is 9.03. The Morgan fingerprint density at radius 3 is 2.10 bits per heavy atom. The molecule has 0 aromatic heterocycles. The summed E-state index contributed by atoms with van der Waals surface area (Å²) < 4.78 is 5.83. The van der Waals surface area contributed by atoms with E-state index in [4.69, 9.17) is 16.3 Å². The average Bonchev–Trinajstić information content (AvgIpc) is 2.73. The van der Waals surface area contributed by atoms with E-state index < -0.39 is 6.10 Å². The Bertz CT molecular complexity index is 700. The molecule has 0 spiro atoms. The molecule has 2 aromatic rings. The molecule has 2 aromatic carbocycles. The van der Waals surface area contributed by atoms with Gasteiger partial charge in [0.1, 0.15) is 11.9 Å². The first kappa shape index (κ1) is 23.5. The van der Waals surface area contributed by atoms with Gasteiger partial charge in [-0.2, -0.15) is 0 Å². The molecule has 29 heavy (non-hydrogen) atoms. The van der Waals surface area contributed by atoms with E-state index >= 15 is 0 Å². The number of likely N-dealkylation sites (N-methyl/N-ethyl adjacent to an activating group) is 1. The van der Waals surface area contributed by atoms with Crippen LogP contribution in [0.15, 0.2) is 61.2 Å². The van der Waals surface area contributed by atoms with Crippen LogP contribution in [-0.2, 0) is 0 Å². The SMILES string of the molecule is C=CCN(C)CCCCCCCCOc1ccc(C(O)c2ccc(Cl)cc2)cc1. The van der Waals surface area contributed by atoms with Gasteiger partial charge in [0.25, 0.3) is 0 Å². The van der Waals surface area contributed by atoms with E-state index in [2.05, 4.69) is 18.5 Å². The monoisotopic (exact) mass is 415 g/mol. The summed E-state index contributed by atoms with van der Waals surface area (Å²) in [5.41, 5.74) is 1.67. The molecule has 158 valence electrons. The van der Waals surface area contributed by atoms with E-state index in [1.165, 1.54) is 32.1 Å². The quantitative estimate of drug-likeness (QED) is 0.292. The Hall–Kier alpha value is -1.81. The average molecular weight is 416 g/mol. The van der Waals surface area contributed by atoms with Gasteiger partial charge in [0, 0.05) is 11.6 Å². The second-order valence-corrected chi connectivity index (χ2v) is 7.98. The standard InChI is InChI=1S/C25H34ClNO2/c1-3-18-27(2)19-8-6-4-5-7-9-20-29-24-16-12-22(13-17-24)25(28)21-10-14-23(26)15-11-21/h3,10-17,25,28H,1,4-9,18-20H2,2H3. The molecule has 0 aliphatic rings. The second-order valence-electron chi connectivity index (χ2n) is 7.54. The molecule has 4 heteroatoms. The molecule has 0 saturated heterocycles. The first-order valence-electron chi connectivity index (χ1n) is 10.6. The number of aliphatic hydroxyl groups excluding tert-OH is 1. The minimum Gasteiger partial charge on any atom is -0.494 e. The molecule has 0 amide bonds. The predicted molar refractivity (Wildman–Crippen MR) is 123 cm³/mol. The highest BCUT2D eigenvalue weighted by Crippen LogP contribution is 2.25. The summed E-state index contributed by atoms with van der Waals surface area (Å²) in [6.45, 7) is 6.63. The van der Waals surface area contributed by atoms with Crippen LogP contribution in [0.4, 0.5) is 0 Å². The van der Waals surface area contributed by atoms with Gasteiger partial charge >= 0.3 is 0 Å². The maximum Gasteiger partial charge on any atom is 0.119 e. The number of aliphatic hydroxyl groups is 1. The van der Waals surface area contributed by atoms with Crippen LogP contribution in [0.2, 0.25) is 5.02 Å². The van der Waals surface area contributed by atoms with Gasteiger partial charge in [-0.1, -0.05) is 67.6 Å². The fraction of sp³-hybridized carbons (Fsp3) is 0.440. The number of unbranched alkanes of at least 4 members (excludes halogenated alkanes) is 5. The Morgan fingerprint density at radius 2 is 1.48 bits per heavy atom. The van der Waals surface area contributed by atoms with Crippen molar-refractivity contribution in [2.24, 2.45) is 0 Å². The second kappa shape index (κ2) is 13.4. The molecule has 0 aliphatic heterocycles. The van der Waals surface area contributed by atoms with E-state index in [-0.39, 0.29) is 0 Å². The molecule has 0 bridgehead atoms. The van der Waals surface area contributed by atoms with E-state index in [1.54, 1.807) is 12.1 Å². The summed E-state index contributed by atoms with van der Waals surface area (Å²) in [5.74, 6) is 0.849. The molecule has 2 rings (SSSR count). The molecule has 1 N–H and O–H groups in total. The lowest BCUT2D eigenvalue weighted by atomic mass is 10.0. The smallest absolute Gasteiger partial charge is 0.119 e. The van der Waals surface area contributed by atoms with Crippen molar-refractivity contribution in [1.29, 1.82) is 0 Å². The van der Waals surface area contributed by atoms with Gasteiger partial charge in [-0.15, -0.1) is 6.58 Å². The van der Waals surface area contributed by atoms with Crippen molar-refractivity contribution < 1.29 is 9.84 Å². The van der Waals surface area contributed by atoms with Crippen LogP contribution in [0.1, 0.15) is 55.8 Å². The van der Waals surface area contributed by atoms with E-state index in [0.29, 0.717) is 5.02 Å². The minimum absolute atomic E-state index is 0.655. The van der Waals surface area contributed by atoms with Crippen molar-refractivity contribution in [3.63, 3.8) is 0 Å². The predicted octanol–water partition coefficient (Wildman–Crippen LogP) is 6.26. The van der Waals surface area contributed by atoms with Crippen LogP contribution in [0.25, 0.3) is 0 Å². The first-order valence-corrected chi connectivity index (χ1v) is 10.9. The van der Waals surface area contributed by atoms with E-state index in [1.807, 2.05) is 42.5 Å². The number of rotatable bonds is 14. The number of hydrogen-bond acceptors (Lipinski definition) is 3. The van der Waals surface area contributed by atoms with Crippen LogP contribution in [0, 0.1) is 0 Å². The van der Waals surface area contributed by atoms with Gasteiger partial charge in [-0.05, 0) is 61.8 Å². The molecule has 0 heterocycles. The lowest BCUT2D eigenvalue weighted by molar-refractivity contribution is 0.220. The fourth-order valence-electron chi connectivity index (χ4n) is 3.28. The third-order valence-electron chi connectivity index (χ3n) is 5.03. The zero-order valence-electron chi connectivity index (χ0n) is 17.5. The number of ether oxygens (including phenoxy) is 1. The lowest BCUT2D eigenvalue weighted by Gasteiger charge is -2.13. The third-order valence-corrected chi connectivity index (χ3v) is 5.28. The van der Waals surface area contributed by atoms with Crippen molar-refractivity contribution in [2.75, 3.05) is 26.7 Å². The van der Waals surface area contributed by atoms with Crippen molar-refractivity contribution in [1.82, 2.24) is 4.90 Å². The Balaban J connectivity index is 1.58. The largest absolute Gasteiger partial charge is 0.494 e. The molecular formula is C25H34ClNO2. The molecule has 1 unspecified atom stereocenters. The summed E-state index contributed by atoms with van der Waals surface area (Å²) in [7, 11) is 2.14. The summed E-state index contributed by atoms with van der Waals surface area (Å²) in [4.78, 5) is 2.31. The van der Waals surface area contributed by atoms with E-state index in [0.717, 1.165) is 43.0 Å². The molecule has 3 nitrogen and oxygen atoms in total. The molecular weight excluding hydrogens is 382 g/mol. The Labute approximate surface area is 181 Å². The van der Waals surface area contributed by atoms with Crippen LogP contribution in [0.3, 0.4) is 0 Å². The van der Waals surface area contributed by atoms with Crippen molar-refractivity contribution >= 4 is 11.6 Å². The summed E-state index contributed by atoms with van der Waals surface area (Å²) in [5, 5.41) is 11.1. The highest BCUT2D eigenvalue weighted by molar-refractivity contribution is 6.30. The summed E-state index contributed by atoms with van der Waals surface area (Å²) >= 11 is 5.90. The highest BCUT2D eigenvalue weighted by Gasteiger charge is 2.10. The van der Waals surface area contributed by atoms with Gasteiger partial charge < -0.3 is 14.7 Å². The van der Waals surface area contributed by atoms with Gasteiger partial charge in [0.15, 0.2) is 0 Å². The summed E-state index contributed by atoms with van der Waals surface area (Å²) in [6.07, 6.45) is 8.68. The van der Waals surface area contributed by atoms with Gasteiger partial charge in [-0.3, -0.25) is 0 Å². The number of nitrogens with zero attached hydrogens (tertiary/aromatic N) is 1. The van der Waals surface area contributed by atoms with Crippen LogP contribution in [0.5, 0.6) is 5.75 Å². The Morgan fingerprint density at radius 1 is 0.931 bits per heavy atom. The van der Waals surface area contributed by atoms with Crippen LogP contribution >= 0.6 is 11.6 Å². The van der Waals surface area contributed by atoms with Gasteiger partial charge in [-0.25, -0.2) is 0 Å². The maximum atomic E-state index is 10.5. The van der Waals surface area contributed by atoms with Crippen molar-refractivity contribution in [3.8, 4) is 5.75 Å². The topological polar surface area (TPSA) is 32.7 Å². The normalized spacial score (nSPS) is 12.1. The number of halogens is 1. The number of benzene rings is 2. The van der Waals surface area contributed by atoms with Crippen LogP contribution < -0.4 is 4.74 Å². The summed E-state index contributed by atoms with van der Waals surface area (Å²) in [6, 6.07) is 14.9. The van der Waals surface area contributed by atoms with Gasteiger partial charge in [0.2, 0.25) is 0 Å².